The van der Waals surface area contributed by atoms with Crippen LogP contribution in [0.5, 0.6) is 17.2 Å². The summed E-state index contributed by atoms with van der Waals surface area (Å²) in [5.41, 5.74) is -0.726. The van der Waals surface area contributed by atoms with Gasteiger partial charge in [0.15, 0.2) is 18.1 Å². The number of carbonyl (C=O) groups is 3. The fraction of sp³-hybridized carbons (Fsp3) is 0.222. The minimum atomic E-state index is -4.62. The Morgan fingerprint density at radius 3 is 2.41 bits per heavy atom. The normalized spacial score (nSPS) is 15.2. The molecule has 1 atom stereocenters. The van der Waals surface area contributed by atoms with E-state index >= 15 is 0 Å². The standard InChI is InChI=1S/C27H22ClF3N2O6/c1-37-22-4-2-3-5-23(22)39-19-9-7-18(8-10-19)33-14-16(12-25(33)35)26(36)38-15-24(34)32-21-13-17(27(29,30)31)6-11-20(21)28/h2-11,13,16H,12,14-15H2,1H3,(H,32,34)/t16-/m1/s1. The number of para-hydroxylation sites is 2. The Bertz CT molecular complexity index is 1380. The van der Waals surface area contributed by atoms with Crippen LogP contribution in [0.25, 0.3) is 0 Å². The van der Waals surface area contributed by atoms with Gasteiger partial charge in [-0.15, -0.1) is 0 Å². The molecule has 0 spiro atoms. The maximum absolute atomic E-state index is 12.9. The van der Waals surface area contributed by atoms with E-state index < -0.39 is 36.1 Å². The lowest BCUT2D eigenvalue weighted by atomic mass is 10.1. The highest BCUT2D eigenvalue weighted by Crippen LogP contribution is 2.35. The number of benzene rings is 3. The Morgan fingerprint density at radius 1 is 1.05 bits per heavy atom. The second kappa shape index (κ2) is 11.6. The van der Waals surface area contributed by atoms with Crippen molar-refractivity contribution in [2.24, 2.45) is 5.92 Å². The summed E-state index contributed by atoms with van der Waals surface area (Å²) in [4.78, 5) is 38.7. The van der Waals surface area contributed by atoms with E-state index in [2.05, 4.69) is 5.32 Å². The molecule has 39 heavy (non-hydrogen) atoms. The maximum atomic E-state index is 12.9. The van der Waals surface area contributed by atoms with Gasteiger partial charge in [-0.2, -0.15) is 13.2 Å². The van der Waals surface area contributed by atoms with Gasteiger partial charge in [-0.3, -0.25) is 14.4 Å². The molecule has 1 fully saturated rings. The summed E-state index contributed by atoms with van der Waals surface area (Å²) in [6, 6.07) is 16.3. The zero-order valence-electron chi connectivity index (χ0n) is 20.5. The molecule has 0 radical (unpaired) electrons. The van der Waals surface area contributed by atoms with Crippen LogP contribution in [0.1, 0.15) is 12.0 Å². The van der Waals surface area contributed by atoms with Crippen molar-refractivity contribution in [1.82, 2.24) is 0 Å². The summed E-state index contributed by atoms with van der Waals surface area (Å²) in [5.74, 6) is -1.21. The molecule has 1 heterocycles. The number of ether oxygens (including phenoxy) is 3. The Kier molecular flexibility index (Phi) is 8.29. The van der Waals surface area contributed by atoms with E-state index in [1.165, 1.54) is 12.0 Å². The number of rotatable bonds is 8. The Labute approximate surface area is 226 Å². The molecular formula is C27H22ClF3N2O6. The first-order chi connectivity index (χ1) is 18.5. The zero-order valence-corrected chi connectivity index (χ0v) is 21.2. The van der Waals surface area contributed by atoms with E-state index in [0.29, 0.717) is 29.0 Å². The van der Waals surface area contributed by atoms with Crippen LogP contribution in [0.15, 0.2) is 66.7 Å². The van der Waals surface area contributed by atoms with Crippen LogP contribution in [0.3, 0.4) is 0 Å². The summed E-state index contributed by atoms with van der Waals surface area (Å²) in [6.45, 7) is -0.726. The van der Waals surface area contributed by atoms with Crippen molar-refractivity contribution < 1.29 is 41.8 Å². The number of methoxy groups -OCH3 is 1. The maximum Gasteiger partial charge on any atom is 0.416 e. The average Bonchev–Trinajstić information content (AvgIpc) is 3.30. The van der Waals surface area contributed by atoms with Gasteiger partial charge in [-0.05, 0) is 54.6 Å². The molecule has 1 aliphatic rings. The first kappa shape index (κ1) is 27.8. The number of nitrogens with one attached hydrogen (secondary N) is 1. The number of anilines is 2. The second-order valence-electron chi connectivity index (χ2n) is 8.50. The monoisotopic (exact) mass is 562 g/mol. The van der Waals surface area contributed by atoms with Gasteiger partial charge in [-0.1, -0.05) is 23.7 Å². The van der Waals surface area contributed by atoms with Crippen molar-refractivity contribution in [3.8, 4) is 17.2 Å². The average molecular weight is 563 g/mol. The molecule has 0 unspecified atom stereocenters. The Hall–Kier alpha value is -4.25. The van der Waals surface area contributed by atoms with Crippen LogP contribution in [0.4, 0.5) is 24.5 Å². The molecule has 1 saturated heterocycles. The zero-order chi connectivity index (χ0) is 28.2. The number of halogens is 4. The van der Waals surface area contributed by atoms with Gasteiger partial charge < -0.3 is 24.4 Å². The third-order valence-electron chi connectivity index (χ3n) is 5.82. The molecular weight excluding hydrogens is 541 g/mol. The number of alkyl halides is 3. The minimum Gasteiger partial charge on any atom is -0.493 e. The lowest BCUT2D eigenvalue weighted by molar-refractivity contribution is -0.151. The summed E-state index contributed by atoms with van der Waals surface area (Å²) in [5, 5.41) is 2.08. The molecule has 1 aliphatic heterocycles. The van der Waals surface area contributed by atoms with Gasteiger partial charge in [0.2, 0.25) is 5.91 Å². The third kappa shape index (κ3) is 6.80. The molecule has 204 valence electrons. The van der Waals surface area contributed by atoms with Crippen LogP contribution >= 0.6 is 11.6 Å². The SMILES string of the molecule is COc1ccccc1Oc1ccc(N2C[C@H](C(=O)OCC(=O)Nc3cc(C(F)(F)F)ccc3Cl)CC2=O)cc1. The van der Waals surface area contributed by atoms with Gasteiger partial charge in [0.1, 0.15) is 5.75 Å². The lowest BCUT2D eigenvalue weighted by Crippen LogP contribution is -2.28. The van der Waals surface area contributed by atoms with Crippen molar-refractivity contribution >= 4 is 40.8 Å². The predicted molar refractivity (Wildman–Crippen MR) is 136 cm³/mol. The van der Waals surface area contributed by atoms with Crippen molar-refractivity contribution in [2.75, 3.05) is 30.5 Å². The highest BCUT2D eigenvalue weighted by Gasteiger charge is 2.36. The molecule has 0 bridgehead atoms. The number of amides is 2. The van der Waals surface area contributed by atoms with E-state index in [4.69, 9.17) is 25.8 Å². The molecule has 0 saturated carbocycles. The number of carbonyl (C=O) groups excluding carboxylic acids is 3. The minimum absolute atomic E-state index is 0.0332. The van der Waals surface area contributed by atoms with Crippen LogP contribution in [-0.2, 0) is 25.3 Å². The first-order valence-electron chi connectivity index (χ1n) is 11.6. The number of nitrogens with zero attached hydrogens (tertiary/aromatic N) is 1. The van der Waals surface area contributed by atoms with Crippen LogP contribution in [-0.4, -0.2) is 38.0 Å². The fourth-order valence-electron chi connectivity index (χ4n) is 3.88. The first-order valence-corrected chi connectivity index (χ1v) is 12.0. The van der Waals surface area contributed by atoms with Crippen LogP contribution in [0.2, 0.25) is 5.02 Å². The topological polar surface area (TPSA) is 94.2 Å². The van der Waals surface area contributed by atoms with E-state index in [1.807, 2.05) is 6.07 Å². The molecule has 0 aliphatic carbocycles. The number of hydrogen-bond acceptors (Lipinski definition) is 6. The largest absolute Gasteiger partial charge is 0.493 e. The van der Waals surface area contributed by atoms with Gasteiger partial charge in [0, 0.05) is 18.7 Å². The van der Waals surface area contributed by atoms with E-state index in [0.717, 1.165) is 12.1 Å². The van der Waals surface area contributed by atoms with E-state index in [-0.39, 0.29) is 29.6 Å². The van der Waals surface area contributed by atoms with Crippen LogP contribution in [0, 0.1) is 5.92 Å². The van der Waals surface area contributed by atoms with E-state index in [9.17, 15) is 27.6 Å². The van der Waals surface area contributed by atoms with Crippen molar-refractivity contribution in [3.05, 3.63) is 77.3 Å². The molecule has 2 amide bonds. The molecule has 8 nitrogen and oxygen atoms in total. The van der Waals surface area contributed by atoms with Crippen molar-refractivity contribution in [1.29, 1.82) is 0 Å². The van der Waals surface area contributed by atoms with E-state index in [1.54, 1.807) is 42.5 Å². The fourth-order valence-corrected chi connectivity index (χ4v) is 4.04. The smallest absolute Gasteiger partial charge is 0.416 e. The highest BCUT2D eigenvalue weighted by molar-refractivity contribution is 6.33. The van der Waals surface area contributed by atoms with Gasteiger partial charge in [0.05, 0.1) is 29.3 Å². The molecule has 12 heteroatoms. The summed E-state index contributed by atoms with van der Waals surface area (Å²) in [7, 11) is 1.53. The lowest BCUT2D eigenvalue weighted by Gasteiger charge is -2.17. The van der Waals surface area contributed by atoms with Gasteiger partial charge >= 0.3 is 12.1 Å². The van der Waals surface area contributed by atoms with Gasteiger partial charge in [0.25, 0.3) is 5.91 Å². The van der Waals surface area contributed by atoms with Crippen molar-refractivity contribution in [3.63, 3.8) is 0 Å². The highest BCUT2D eigenvalue weighted by atomic mass is 35.5. The van der Waals surface area contributed by atoms with Gasteiger partial charge in [-0.25, -0.2) is 0 Å². The summed E-state index contributed by atoms with van der Waals surface area (Å²) in [6.07, 6.45) is -4.75. The number of hydrogen-bond donors (Lipinski definition) is 1. The molecule has 0 aromatic heterocycles. The predicted octanol–water partition coefficient (Wildman–Crippen LogP) is 5.69. The molecule has 4 rings (SSSR count). The van der Waals surface area contributed by atoms with Crippen LogP contribution < -0.4 is 19.7 Å². The number of esters is 1. The Balaban J connectivity index is 1.31. The summed E-state index contributed by atoms with van der Waals surface area (Å²) < 4.78 is 54.9. The van der Waals surface area contributed by atoms with Crippen molar-refractivity contribution in [2.45, 2.75) is 12.6 Å². The molecule has 1 N–H and O–H groups in total. The second-order valence-corrected chi connectivity index (χ2v) is 8.91. The summed E-state index contributed by atoms with van der Waals surface area (Å²) >= 11 is 5.86. The quantitative estimate of drug-likeness (QED) is 0.354. The Morgan fingerprint density at radius 2 is 1.74 bits per heavy atom. The molecule has 3 aromatic rings. The third-order valence-corrected chi connectivity index (χ3v) is 6.15. The molecule has 3 aromatic carbocycles.